The molecule has 0 radical (unpaired) electrons. The first-order valence-electron chi connectivity index (χ1n) is 15.1. The summed E-state index contributed by atoms with van der Waals surface area (Å²) in [5, 5.41) is 0. The summed E-state index contributed by atoms with van der Waals surface area (Å²) in [6.45, 7) is 18.3. The summed E-state index contributed by atoms with van der Waals surface area (Å²) in [6, 6.07) is 3.39. The minimum atomic E-state index is -3.66. The topological polar surface area (TPSA) is 27.7 Å². The van der Waals surface area contributed by atoms with E-state index in [2.05, 4.69) is 117 Å². The Kier molecular flexibility index (Phi) is 8.28. The van der Waals surface area contributed by atoms with Gasteiger partial charge in [-0.3, -0.25) is 0 Å². The van der Waals surface area contributed by atoms with Crippen molar-refractivity contribution in [1.29, 1.82) is 0 Å². The standard InChI is InChI=1S/C21H37O3Si.2C5H5.2CH3.Zr/c1-10-21(24-25(11-2,12-3)13-4)16(5)14-20(15-19(21,8)9)22-17(6)18(7)23-20;2*1-2-4-5-3-1;;;/h1,10,14,17-18H,11-13,15H2,2-9H3;2*1-3H,4H2;2*1H3;. The fourth-order valence-corrected chi connectivity index (χ4v) is 21.2. The zero-order valence-electron chi connectivity index (χ0n) is 25.8. The van der Waals surface area contributed by atoms with Crippen molar-refractivity contribution >= 4 is 8.32 Å². The monoisotopic (exact) mass is 615 g/mol. The Hall–Kier alpha value is -0.580. The van der Waals surface area contributed by atoms with Crippen molar-refractivity contribution in [3.8, 4) is 0 Å². The molecule has 4 rings (SSSR count). The van der Waals surface area contributed by atoms with E-state index in [4.69, 9.17) is 13.9 Å². The van der Waals surface area contributed by atoms with E-state index in [0.29, 0.717) is 0 Å². The van der Waals surface area contributed by atoms with Crippen LogP contribution in [0, 0.1) is 5.41 Å². The summed E-state index contributed by atoms with van der Waals surface area (Å²) < 4.78 is 32.0. The maximum atomic E-state index is 7.70. The van der Waals surface area contributed by atoms with Crippen molar-refractivity contribution < 1.29 is 32.7 Å². The number of hydrogen-bond acceptors (Lipinski definition) is 3. The normalized spacial score (nSPS) is 34.1. The van der Waals surface area contributed by atoms with E-state index in [0.717, 1.165) is 37.4 Å². The Morgan fingerprint density at radius 1 is 0.947 bits per heavy atom. The van der Waals surface area contributed by atoms with E-state index >= 15 is 0 Å². The fourth-order valence-electron chi connectivity index (χ4n) is 7.51. The van der Waals surface area contributed by atoms with E-state index in [1.165, 1.54) is 5.57 Å². The van der Waals surface area contributed by atoms with E-state index in [1.807, 2.05) is 0 Å². The molecule has 0 amide bonds. The van der Waals surface area contributed by atoms with E-state index in [9.17, 15) is 0 Å². The van der Waals surface area contributed by atoms with Crippen LogP contribution in [0.1, 0.15) is 74.7 Å². The first-order valence-corrected chi connectivity index (χ1v) is 26.4. The van der Waals surface area contributed by atoms with Crippen LogP contribution in [-0.4, -0.2) is 31.9 Å². The third-order valence-corrected chi connectivity index (χ3v) is 29.8. The summed E-state index contributed by atoms with van der Waals surface area (Å²) in [7, 11) is -1.97. The summed E-state index contributed by atoms with van der Waals surface area (Å²) in [4.78, 5) is 0. The molecule has 4 aliphatic rings. The van der Waals surface area contributed by atoms with Gasteiger partial charge in [0.2, 0.25) is 0 Å². The summed E-state index contributed by atoms with van der Waals surface area (Å²) in [5.74, 6) is -0.672. The van der Waals surface area contributed by atoms with Gasteiger partial charge in [-0.1, -0.05) is 0 Å². The molecule has 3 nitrogen and oxygen atoms in total. The summed E-state index contributed by atoms with van der Waals surface area (Å²) >= 11 is -3.66. The summed E-state index contributed by atoms with van der Waals surface area (Å²) in [5.41, 5.74) is 0.541. The van der Waals surface area contributed by atoms with Crippen molar-refractivity contribution in [1.82, 2.24) is 0 Å². The second kappa shape index (κ2) is 10.4. The van der Waals surface area contributed by atoms with Crippen LogP contribution in [0.5, 0.6) is 0 Å². The van der Waals surface area contributed by atoms with Crippen molar-refractivity contribution in [2.24, 2.45) is 5.41 Å². The third kappa shape index (κ3) is 4.91. The maximum absolute atomic E-state index is 7.70. The van der Waals surface area contributed by atoms with Gasteiger partial charge in [0.25, 0.3) is 0 Å². The molecule has 0 saturated carbocycles. The molecule has 0 aromatic heterocycles. The Morgan fingerprint density at radius 3 is 1.84 bits per heavy atom. The average Bonchev–Trinajstić information content (AvgIpc) is 3.63. The van der Waals surface area contributed by atoms with Crippen molar-refractivity contribution in [2.45, 2.75) is 126 Å². The van der Waals surface area contributed by atoms with Gasteiger partial charge in [-0.2, -0.15) is 0 Å². The molecule has 3 aliphatic carbocycles. The molecule has 0 aromatic carbocycles. The second-order valence-corrected chi connectivity index (χ2v) is 34.8. The SMILES string of the molecule is CC[Si](CC)(CC)OC1(/C=[CH]/[Zr]([CH3])([CH3])([C]2=CC=CC2)[C]2=CC=CC2)C(C)=CC2(CC1(C)C)OC(C)C(C)O2. The molecule has 1 saturated heterocycles. The van der Waals surface area contributed by atoms with E-state index < -0.39 is 38.5 Å². The van der Waals surface area contributed by atoms with Gasteiger partial charge in [0, 0.05) is 0 Å². The van der Waals surface area contributed by atoms with Gasteiger partial charge in [0.05, 0.1) is 0 Å². The second-order valence-electron chi connectivity index (χ2n) is 13.9. The van der Waals surface area contributed by atoms with Crippen molar-refractivity contribution in [2.75, 3.05) is 0 Å². The van der Waals surface area contributed by atoms with Crippen LogP contribution in [0.15, 0.2) is 64.5 Å². The Balaban J connectivity index is 1.91. The zero-order valence-corrected chi connectivity index (χ0v) is 29.3. The molecular formula is C33H53O3SiZr. The molecule has 1 heterocycles. The molecule has 1 aliphatic heterocycles. The summed E-state index contributed by atoms with van der Waals surface area (Å²) in [6.07, 6.45) is 21.9. The Morgan fingerprint density at radius 2 is 1.45 bits per heavy atom. The molecule has 3 atom stereocenters. The Bertz CT molecular complexity index is 1060. The molecule has 5 heteroatoms. The number of ether oxygens (including phenoxy) is 2. The molecular weight excluding hydrogens is 564 g/mol. The number of hydrogen-bond donors (Lipinski definition) is 0. The number of rotatable bonds is 9. The quantitative estimate of drug-likeness (QED) is 0.191. The first kappa shape index (κ1) is 30.4. The van der Waals surface area contributed by atoms with Gasteiger partial charge in [-0.05, 0) is 0 Å². The van der Waals surface area contributed by atoms with E-state index in [-0.39, 0.29) is 17.6 Å². The van der Waals surface area contributed by atoms with Crippen LogP contribution in [0.3, 0.4) is 0 Å². The van der Waals surface area contributed by atoms with Gasteiger partial charge >= 0.3 is 237 Å². The van der Waals surface area contributed by atoms with Crippen LogP contribution in [0.25, 0.3) is 0 Å². The Labute approximate surface area is 235 Å². The van der Waals surface area contributed by atoms with Crippen molar-refractivity contribution in [3.05, 3.63) is 64.5 Å². The van der Waals surface area contributed by atoms with Crippen LogP contribution in [0.2, 0.25) is 27.4 Å². The molecule has 38 heavy (non-hydrogen) atoms. The predicted molar refractivity (Wildman–Crippen MR) is 162 cm³/mol. The predicted octanol–water partition coefficient (Wildman–Crippen LogP) is 9.63. The number of allylic oxidation sites excluding steroid dienone is 8. The van der Waals surface area contributed by atoms with Crippen molar-refractivity contribution in [3.63, 3.8) is 0 Å². The zero-order chi connectivity index (χ0) is 28.1. The average molecular weight is 617 g/mol. The molecule has 0 bridgehead atoms. The van der Waals surface area contributed by atoms with Gasteiger partial charge in [0.1, 0.15) is 0 Å². The third-order valence-electron chi connectivity index (χ3n) is 10.8. The minimum absolute atomic E-state index is 0.0798. The molecule has 0 aromatic rings. The van der Waals surface area contributed by atoms with Crippen LogP contribution >= 0.6 is 0 Å². The van der Waals surface area contributed by atoms with Gasteiger partial charge in [-0.25, -0.2) is 0 Å². The van der Waals surface area contributed by atoms with Gasteiger partial charge in [-0.15, -0.1) is 0 Å². The van der Waals surface area contributed by atoms with Crippen LogP contribution < -0.4 is 0 Å². The fraction of sp³-hybridized carbons (Fsp3) is 0.636. The first-order chi connectivity index (χ1) is 17.7. The van der Waals surface area contributed by atoms with E-state index in [1.54, 1.807) is 6.56 Å². The molecule has 211 valence electrons. The van der Waals surface area contributed by atoms with Gasteiger partial charge < -0.3 is 0 Å². The molecule has 1 spiro atoms. The van der Waals surface area contributed by atoms with Gasteiger partial charge in [0.15, 0.2) is 0 Å². The molecule has 0 N–H and O–H groups in total. The molecule has 3 unspecified atom stereocenters. The van der Waals surface area contributed by atoms with Crippen LogP contribution in [0.4, 0.5) is 0 Å². The molecule has 1 fully saturated rings. The van der Waals surface area contributed by atoms with Crippen LogP contribution in [-0.2, 0) is 32.7 Å².